The summed E-state index contributed by atoms with van der Waals surface area (Å²) in [6, 6.07) is 16.8. The number of hydrogen-bond acceptors (Lipinski definition) is 3. The molecule has 0 aliphatic carbocycles. The van der Waals surface area contributed by atoms with Crippen molar-refractivity contribution in [3.05, 3.63) is 71.8 Å². The Bertz CT molecular complexity index is 708. The molecule has 0 spiro atoms. The molecule has 2 rings (SSSR count). The summed E-state index contributed by atoms with van der Waals surface area (Å²) in [7, 11) is 0. The van der Waals surface area contributed by atoms with Gasteiger partial charge in [-0.15, -0.1) is 0 Å². The Morgan fingerprint density at radius 2 is 1.83 bits per heavy atom. The zero-order valence-corrected chi connectivity index (χ0v) is 13.2. The first-order chi connectivity index (χ1) is 11.0. The highest BCUT2D eigenvalue weighted by Crippen LogP contribution is 2.08. The first kappa shape index (κ1) is 16.5. The van der Waals surface area contributed by atoms with Gasteiger partial charge in [0.15, 0.2) is 6.10 Å². The number of benzene rings is 2. The van der Waals surface area contributed by atoms with Crippen LogP contribution in [0.1, 0.15) is 18.1 Å². The lowest BCUT2D eigenvalue weighted by molar-refractivity contribution is -0.148. The number of para-hydroxylation sites is 1. The molecule has 4 nitrogen and oxygen atoms in total. The number of hydrogen-bond donors (Lipinski definition) is 1. The number of esters is 1. The van der Waals surface area contributed by atoms with Gasteiger partial charge in [0.1, 0.15) is 0 Å². The van der Waals surface area contributed by atoms with Crippen LogP contribution in [0.25, 0.3) is 6.08 Å². The predicted octanol–water partition coefficient (Wildman–Crippen LogP) is 3.58. The Kier molecular flexibility index (Phi) is 5.69. The predicted molar refractivity (Wildman–Crippen MR) is 90.8 cm³/mol. The van der Waals surface area contributed by atoms with Gasteiger partial charge in [-0.05, 0) is 37.6 Å². The molecule has 0 saturated heterocycles. The molecule has 2 aromatic carbocycles. The minimum Gasteiger partial charge on any atom is -0.449 e. The quantitative estimate of drug-likeness (QED) is 0.678. The standard InChI is InChI=1S/C19H19NO3/c1-14-7-6-8-16(13-14)11-12-18(21)23-15(2)19(22)20-17-9-4-3-5-10-17/h3-13,15H,1-2H3,(H,20,22)/b12-11+/t15-/m1/s1. The van der Waals surface area contributed by atoms with Crippen molar-refractivity contribution in [2.24, 2.45) is 0 Å². The van der Waals surface area contributed by atoms with Gasteiger partial charge in [-0.25, -0.2) is 4.79 Å². The van der Waals surface area contributed by atoms with Crippen LogP contribution in [0.5, 0.6) is 0 Å². The highest BCUT2D eigenvalue weighted by atomic mass is 16.5. The van der Waals surface area contributed by atoms with Crippen molar-refractivity contribution in [2.45, 2.75) is 20.0 Å². The average molecular weight is 309 g/mol. The SMILES string of the molecule is Cc1cccc(/C=C/C(=O)O[C@H](C)C(=O)Nc2ccccc2)c1. The van der Waals surface area contributed by atoms with Gasteiger partial charge in [0.25, 0.3) is 5.91 Å². The van der Waals surface area contributed by atoms with Crippen molar-refractivity contribution < 1.29 is 14.3 Å². The summed E-state index contributed by atoms with van der Waals surface area (Å²) in [6.45, 7) is 3.52. The monoisotopic (exact) mass is 309 g/mol. The summed E-state index contributed by atoms with van der Waals surface area (Å²) in [6.07, 6.45) is 2.11. The van der Waals surface area contributed by atoms with Gasteiger partial charge < -0.3 is 10.1 Å². The Morgan fingerprint density at radius 3 is 2.52 bits per heavy atom. The molecule has 118 valence electrons. The summed E-state index contributed by atoms with van der Waals surface area (Å²) in [5, 5.41) is 2.69. The fourth-order valence-electron chi connectivity index (χ4n) is 1.97. The maximum absolute atomic E-state index is 12.0. The molecule has 0 aliphatic rings. The minimum absolute atomic E-state index is 0.367. The van der Waals surface area contributed by atoms with Crippen LogP contribution in [0.4, 0.5) is 5.69 Å². The molecule has 0 aliphatic heterocycles. The van der Waals surface area contributed by atoms with Crippen LogP contribution in [0.3, 0.4) is 0 Å². The first-order valence-corrected chi connectivity index (χ1v) is 7.36. The lowest BCUT2D eigenvalue weighted by Gasteiger charge is -2.12. The van der Waals surface area contributed by atoms with E-state index in [1.165, 1.54) is 13.0 Å². The van der Waals surface area contributed by atoms with E-state index in [0.717, 1.165) is 11.1 Å². The van der Waals surface area contributed by atoms with Gasteiger partial charge in [-0.1, -0.05) is 48.0 Å². The third-order valence-corrected chi connectivity index (χ3v) is 3.16. The number of amides is 1. The number of rotatable bonds is 5. The second-order valence-corrected chi connectivity index (χ2v) is 5.18. The van der Waals surface area contributed by atoms with Gasteiger partial charge in [-0.2, -0.15) is 0 Å². The van der Waals surface area contributed by atoms with Crippen LogP contribution < -0.4 is 5.32 Å². The number of carbonyl (C=O) groups excluding carboxylic acids is 2. The Morgan fingerprint density at radius 1 is 1.09 bits per heavy atom. The van der Waals surface area contributed by atoms with Gasteiger partial charge in [0.05, 0.1) is 0 Å². The maximum atomic E-state index is 12.0. The third-order valence-electron chi connectivity index (χ3n) is 3.16. The van der Waals surface area contributed by atoms with Crippen molar-refractivity contribution in [3.8, 4) is 0 Å². The smallest absolute Gasteiger partial charge is 0.331 e. The second kappa shape index (κ2) is 7.94. The van der Waals surface area contributed by atoms with E-state index in [4.69, 9.17) is 4.74 Å². The molecule has 0 unspecified atom stereocenters. The molecule has 0 bridgehead atoms. The van der Waals surface area contributed by atoms with Crippen molar-refractivity contribution in [1.82, 2.24) is 0 Å². The molecule has 0 saturated carbocycles. The van der Waals surface area contributed by atoms with Crippen molar-refractivity contribution in [1.29, 1.82) is 0 Å². The van der Waals surface area contributed by atoms with E-state index in [-0.39, 0.29) is 5.91 Å². The highest BCUT2D eigenvalue weighted by Gasteiger charge is 2.16. The van der Waals surface area contributed by atoms with Gasteiger partial charge in [0, 0.05) is 11.8 Å². The molecule has 1 atom stereocenters. The molecule has 0 fully saturated rings. The summed E-state index contributed by atoms with van der Waals surface area (Å²) >= 11 is 0. The van der Waals surface area contributed by atoms with Crippen LogP contribution in [0, 0.1) is 6.92 Å². The lowest BCUT2D eigenvalue weighted by Crippen LogP contribution is -2.29. The van der Waals surface area contributed by atoms with Crippen LogP contribution in [0.15, 0.2) is 60.7 Å². The van der Waals surface area contributed by atoms with Crippen LogP contribution in [-0.2, 0) is 14.3 Å². The molecular formula is C19H19NO3. The zero-order chi connectivity index (χ0) is 16.7. The van der Waals surface area contributed by atoms with Crippen molar-refractivity contribution in [3.63, 3.8) is 0 Å². The Balaban J connectivity index is 1.88. The van der Waals surface area contributed by atoms with Gasteiger partial charge in [0.2, 0.25) is 0 Å². The molecule has 1 N–H and O–H groups in total. The fourth-order valence-corrected chi connectivity index (χ4v) is 1.97. The number of ether oxygens (including phenoxy) is 1. The van der Waals surface area contributed by atoms with E-state index < -0.39 is 12.1 Å². The summed E-state index contributed by atoms with van der Waals surface area (Å²) in [4.78, 5) is 23.7. The topological polar surface area (TPSA) is 55.4 Å². The third kappa shape index (κ3) is 5.43. The summed E-state index contributed by atoms with van der Waals surface area (Å²) in [5.41, 5.74) is 2.68. The van der Waals surface area contributed by atoms with E-state index in [0.29, 0.717) is 5.69 Å². The lowest BCUT2D eigenvalue weighted by atomic mass is 10.1. The largest absolute Gasteiger partial charge is 0.449 e. The van der Waals surface area contributed by atoms with Crippen molar-refractivity contribution in [2.75, 3.05) is 5.32 Å². The molecule has 2 aromatic rings. The van der Waals surface area contributed by atoms with Gasteiger partial charge >= 0.3 is 5.97 Å². The number of anilines is 1. The molecule has 1 amide bonds. The second-order valence-electron chi connectivity index (χ2n) is 5.18. The number of nitrogens with one attached hydrogen (secondary N) is 1. The zero-order valence-electron chi connectivity index (χ0n) is 13.2. The van der Waals surface area contributed by atoms with E-state index in [2.05, 4.69) is 5.32 Å². The Labute approximate surface area is 135 Å². The molecular weight excluding hydrogens is 290 g/mol. The highest BCUT2D eigenvalue weighted by molar-refractivity contribution is 5.96. The molecule has 23 heavy (non-hydrogen) atoms. The average Bonchev–Trinajstić information content (AvgIpc) is 2.54. The van der Waals surface area contributed by atoms with Crippen LogP contribution in [-0.4, -0.2) is 18.0 Å². The molecule has 0 heterocycles. The maximum Gasteiger partial charge on any atom is 0.331 e. The van der Waals surface area contributed by atoms with Crippen molar-refractivity contribution >= 4 is 23.6 Å². The Hall–Kier alpha value is -2.88. The number of aryl methyl sites for hydroxylation is 1. The normalized spacial score (nSPS) is 11.9. The van der Waals surface area contributed by atoms with E-state index >= 15 is 0 Å². The minimum atomic E-state index is -0.870. The fraction of sp³-hybridized carbons (Fsp3) is 0.158. The molecule has 4 heteroatoms. The molecule has 0 aromatic heterocycles. The van der Waals surface area contributed by atoms with E-state index in [1.54, 1.807) is 18.2 Å². The van der Waals surface area contributed by atoms with E-state index in [9.17, 15) is 9.59 Å². The number of carbonyl (C=O) groups is 2. The first-order valence-electron chi connectivity index (χ1n) is 7.36. The summed E-state index contributed by atoms with van der Waals surface area (Å²) in [5.74, 6) is -0.921. The van der Waals surface area contributed by atoms with E-state index in [1.807, 2.05) is 49.4 Å². The van der Waals surface area contributed by atoms with Crippen LogP contribution >= 0.6 is 0 Å². The summed E-state index contributed by atoms with van der Waals surface area (Å²) < 4.78 is 5.10. The van der Waals surface area contributed by atoms with Gasteiger partial charge in [-0.3, -0.25) is 4.79 Å². The molecule has 0 radical (unpaired) electrons. The van der Waals surface area contributed by atoms with Crippen LogP contribution in [0.2, 0.25) is 0 Å².